The van der Waals surface area contributed by atoms with Crippen molar-refractivity contribution < 1.29 is 14.6 Å². The molecule has 4 nitrogen and oxygen atoms in total. The van der Waals surface area contributed by atoms with Gasteiger partial charge in [0.15, 0.2) is 0 Å². The highest BCUT2D eigenvalue weighted by molar-refractivity contribution is 5.71. The highest BCUT2D eigenvalue weighted by atomic mass is 16.5. The fraction of sp³-hybridized carbons (Fsp3) is 0.462. The highest BCUT2D eigenvalue weighted by Crippen LogP contribution is 2.30. The van der Waals surface area contributed by atoms with E-state index in [2.05, 4.69) is 0 Å². The Morgan fingerprint density at radius 3 is 2.94 bits per heavy atom. The van der Waals surface area contributed by atoms with Crippen LogP contribution in [0.5, 0.6) is 5.75 Å². The number of aliphatic carboxylic acids is 1. The van der Waals surface area contributed by atoms with E-state index >= 15 is 0 Å². The van der Waals surface area contributed by atoms with Crippen molar-refractivity contribution >= 4 is 5.97 Å². The molecule has 1 aromatic carbocycles. The van der Waals surface area contributed by atoms with Gasteiger partial charge in [-0.3, -0.25) is 4.79 Å². The lowest BCUT2D eigenvalue weighted by molar-refractivity contribution is -0.136. The van der Waals surface area contributed by atoms with Gasteiger partial charge in [-0.15, -0.1) is 0 Å². The number of benzene rings is 1. The standard InChI is InChI=1S/C13H17NO3/c1-2-17-11-4-8-3-10(14)7-12(8)9(5-11)6-13(15)16/h4-5,10H,2-3,6-7,14H2,1H3,(H,15,16). The molecule has 0 spiro atoms. The number of rotatable bonds is 4. The maximum Gasteiger partial charge on any atom is 0.307 e. The smallest absolute Gasteiger partial charge is 0.307 e. The molecule has 92 valence electrons. The largest absolute Gasteiger partial charge is 0.494 e. The molecule has 0 saturated heterocycles. The Morgan fingerprint density at radius 1 is 1.53 bits per heavy atom. The van der Waals surface area contributed by atoms with E-state index in [0.29, 0.717) is 6.61 Å². The Bertz CT molecular complexity index is 443. The second kappa shape index (κ2) is 4.75. The van der Waals surface area contributed by atoms with E-state index in [0.717, 1.165) is 35.3 Å². The van der Waals surface area contributed by atoms with Gasteiger partial charge in [-0.05, 0) is 48.6 Å². The summed E-state index contributed by atoms with van der Waals surface area (Å²) in [5.41, 5.74) is 9.00. The van der Waals surface area contributed by atoms with Crippen LogP contribution >= 0.6 is 0 Å². The van der Waals surface area contributed by atoms with E-state index in [1.54, 1.807) is 0 Å². The molecule has 0 amide bonds. The number of fused-ring (bicyclic) bond motifs is 1. The van der Waals surface area contributed by atoms with E-state index < -0.39 is 5.97 Å². The van der Waals surface area contributed by atoms with Crippen LogP contribution in [0.25, 0.3) is 0 Å². The lowest BCUT2D eigenvalue weighted by Crippen LogP contribution is -2.19. The first kappa shape index (κ1) is 11.9. The minimum Gasteiger partial charge on any atom is -0.494 e. The average molecular weight is 235 g/mol. The Morgan fingerprint density at radius 2 is 2.29 bits per heavy atom. The fourth-order valence-corrected chi connectivity index (χ4v) is 2.40. The third-order valence-electron chi connectivity index (χ3n) is 3.01. The molecule has 4 heteroatoms. The van der Waals surface area contributed by atoms with Crippen molar-refractivity contribution in [3.05, 3.63) is 28.8 Å². The van der Waals surface area contributed by atoms with Gasteiger partial charge < -0.3 is 15.6 Å². The number of hydrogen-bond donors (Lipinski definition) is 2. The van der Waals surface area contributed by atoms with Crippen molar-refractivity contribution in [2.45, 2.75) is 32.2 Å². The molecule has 0 aromatic heterocycles. The van der Waals surface area contributed by atoms with Gasteiger partial charge in [0.2, 0.25) is 0 Å². The summed E-state index contributed by atoms with van der Waals surface area (Å²) in [6.07, 6.45) is 1.61. The van der Waals surface area contributed by atoms with E-state index in [4.69, 9.17) is 15.6 Å². The highest BCUT2D eigenvalue weighted by Gasteiger charge is 2.23. The van der Waals surface area contributed by atoms with Crippen molar-refractivity contribution in [1.82, 2.24) is 0 Å². The molecule has 0 fully saturated rings. The number of nitrogens with two attached hydrogens (primary N) is 1. The molecular weight excluding hydrogens is 218 g/mol. The van der Waals surface area contributed by atoms with Gasteiger partial charge >= 0.3 is 5.97 Å². The fourth-order valence-electron chi connectivity index (χ4n) is 2.40. The zero-order chi connectivity index (χ0) is 12.4. The van der Waals surface area contributed by atoms with Crippen LogP contribution in [0.2, 0.25) is 0 Å². The second-order valence-electron chi connectivity index (χ2n) is 4.39. The van der Waals surface area contributed by atoms with Crippen LogP contribution in [0, 0.1) is 0 Å². The average Bonchev–Trinajstić information content (AvgIpc) is 2.58. The van der Waals surface area contributed by atoms with Crippen LogP contribution in [0.3, 0.4) is 0 Å². The lowest BCUT2D eigenvalue weighted by Gasteiger charge is -2.10. The van der Waals surface area contributed by atoms with Gasteiger partial charge in [0, 0.05) is 6.04 Å². The molecule has 0 bridgehead atoms. The zero-order valence-corrected chi connectivity index (χ0v) is 9.90. The molecule has 1 atom stereocenters. The van der Waals surface area contributed by atoms with Gasteiger partial charge in [0.05, 0.1) is 13.0 Å². The van der Waals surface area contributed by atoms with Crippen LogP contribution in [-0.2, 0) is 24.1 Å². The van der Waals surface area contributed by atoms with Crippen molar-refractivity contribution in [2.75, 3.05) is 6.61 Å². The van der Waals surface area contributed by atoms with Crippen molar-refractivity contribution in [3.8, 4) is 5.75 Å². The maximum atomic E-state index is 10.8. The number of carbonyl (C=O) groups is 1. The first-order valence-corrected chi connectivity index (χ1v) is 5.85. The van der Waals surface area contributed by atoms with Crippen LogP contribution in [-0.4, -0.2) is 23.7 Å². The Balaban J connectivity index is 2.38. The molecule has 3 N–H and O–H groups in total. The summed E-state index contributed by atoms with van der Waals surface area (Å²) in [4.78, 5) is 10.8. The predicted molar refractivity (Wildman–Crippen MR) is 64.3 cm³/mol. The van der Waals surface area contributed by atoms with Gasteiger partial charge in [0.1, 0.15) is 5.75 Å². The van der Waals surface area contributed by atoms with E-state index in [-0.39, 0.29) is 12.5 Å². The van der Waals surface area contributed by atoms with E-state index in [1.165, 1.54) is 0 Å². The molecule has 0 aliphatic heterocycles. The van der Waals surface area contributed by atoms with Crippen molar-refractivity contribution in [1.29, 1.82) is 0 Å². The molecule has 0 heterocycles. The summed E-state index contributed by atoms with van der Waals surface area (Å²) in [5.74, 6) is -0.0714. The molecule has 1 aromatic rings. The topological polar surface area (TPSA) is 72.5 Å². The predicted octanol–water partition coefficient (Wildman–Crippen LogP) is 1.14. The minimum atomic E-state index is -0.818. The molecule has 0 radical (unpaired) electrons. The molecule has 1 aliphatic rings. The third-order valence-corrected chi connectivity index (χ3v) is 3.01. The first-order chi connectivity index (χ1) is 8.10. The second-order valence-corrected chi connectivity index (χ2v) is 4.39. The van der Waals surface area contributed by atoms with Gasteiger partial charge in [0.25, 0.3) is 0 Å². The number of carboxylic acid groups (broad SMARTS) is 1. The first-order valence-electron chi connectivity index (χ1n) is 5.85. The van der Waals surface area contributed by atoms with Crippen molar-refractivity contribution in [3.63, 3.8) is 0 Å². The van der Waals surface area contributed by atoms with Crippen molar-refractivity contribution in [2.24, 2.45) is 5.73 Å². The zero-order valence-electron chi connectivity index (χ0n) is 9.90. The number of hydrogen-bond acceptors (Lipinski definition) is 3. The molecular formula is C13H17NO3. The van der Waals surface area contributed by atoms with Crippen LogP contribution < -0.4 is 10.5 Å². The summed E-state index contributed by atoms with van der Waals surface area (Å²) >= 11 is 0. The molecule has 2 rings (SSSR count). The Kier molecular flexibility index (Phi) is 3.33. The van der Waals surface area contributed by atoms with E-state index in [9.17, 15) is 4.79 Å². The summed E-state index contributed by atoms with van der Waals surface area (Å²) < 4.78 is 5.45. The molecule has 17 heavy (non-hydrogen) atoms. The third kappa shape index (κ3) is 2.58. The van der Waals surface area contributed by atoms with Crippen LogP contribution in [0.15, 0.2) is 12.1 Å². The molecule has 1 unspecified atom stereocenters. The number of ether oxygens (including phenoxy) is 1. The summed E-state index contributed by atoms with van der Waals surface area (Å²) in [6.45, 7) is 2.49. The minimum absolute atomic E-state index is 0.0377. The summed E-state index contributed by atoms with van der Waals surface area (Å²) in [5, 5.41) is 8.91. The normalized spacial score (nSPS) is 17.9. The lowest BCUT2D eigenvalue weighted by atomic mass is 10.0. The van der Waals surface area contributed by atoms with Gasteiger partial charge in [-0.1, -0.05) is 0 Å². The summed E-state index contributed by atoms with van der Waals surface area (Å²) in [7, 11) is 0. The van der Waals surface area contributed by atoms with E-state index in [1.807, 2.05) is 19.1 Å². The summed E-state index contributed by atoms with van der Waals surface area (Å²) in [6, 6.07) is 3.92. The molecule has 1 aliphatic carbocycles. The number of carboxylic acids is 1. The van der Waals surface area contributed by atoms with Gasteiger partial charge in [-0.2, -0.15) is 0 Å². The molecule has 0 saturated carbocycles. The SMILES string of the molecule is CCOc1cc(CC(=O)O)c2c(c1)CC(N)C2. The quantitative estimate of drug-likeness (QED) is 0.820. The maximum absolute atomic E-state index is 10.8. The van der Waals surface area contributed by atoms with Crippen LogP contribution in [0.1, 0.15) is 23.6 Å². The Labute approximate surface area is 100 Å². The van der Waals surface area contributed by atoms with Crippen LogP contribution in [0.4, 0.5) is 0 Å². The Hall–Kier alpha value is -1.55. The van der Waals surface area contributed by atoms with Gasteiger partial charge in [-0.25, -0.2) is 0 Å². The monoisotopic (exact) mass is 235 g/mol.